The lowest BCUT2D eigenvalue weighted by Gasteiger charge is -2.32. The van der Waals surface area contributed by atoms with E-state index in [1.807, 2.05) is 0 Å². The molecular formula is C19H26N2. The second-order valence-corrected chi connectivity index (χ2v) is 6.79. The Balaban J connectivity index is 1.73. The van der Waals surface area contributed by atoms with Crippen molar-refractivity contribution in [3.05, 3.63) is 41.6 Å². The molecule has 0 radical (unpaired) electrons. The van der Waals surface area contributed by atoms with Crippen molar-refractivity contribution in [2.75, 3.05) is 0 Å². The fourth-order valence-electron chi connectivity index (χ4n) is 3.53. The lowest BCUT2D eigenvalue weighted by Crippen LogP contribution is -2.35. The molecule has 1 heterocycles. The highest BCUT2D eigenvalue weighted by atomic mass is 14.9. The van der Waals surface area contributed by atoms with Crippen molar-refractivity contribution in [3.63, 3.8) is 0 Å². The van der Waals surface area contributed by atoms with Gasteiger partial charge in [-0.05, 0) is 55.7 Å². The molecule has 1 aliphatic rings. The minimum Gasteiger partial charge on any atom is -0.310 e. The zero-order chi connectivity index (χ0) is 14.8. The van der Waals surface area contributed by atoms with Gasteiger partial charge in [0.15, 0.2) is 0 Å². The second kappa shape index (κ2) is 6.15. The maximum absolute atomic E-state index is 4.63. The molecule has 1 saturated carbocycles. The van der Waals surface area contributed by atoms with Gasteiger partial charge in [0.1, 0.15) is 0 Å². The van der Waals surface area contributed by atoms with E-state index in [1.165, 1.54) is 30.2 Å². The second-order valence-electron chi connectivity index (χ2n) is 6.79. The van der Waals surface area contributed by atoms with Crippen molar-refractivity contribution in [2.24, 2.45) is 11.8 Å². The number of nitrogens with zero attached hydrogens (tertiary/aromatic N) is 1. The number of pyridine rings is 1. The Morgan fingerprint density at radius 2 is 1.95 bits per heavy atom. The summed E-state index contributed by atoms with van der Waals surface area (Å²) in [7, 11) is 0. The van der Waals surface area contributed by atoms with E-state index in [9.17, 15) is 0 Å². The van der Waals surface area contributed by atoms with Crippen LogP contribution in [0.1, 0.15) is 44.4 Å². The number of hydrogen-bond acceptors (Lipinski definition) is 2. The summed E-state index contributed by atoms with van der Waals surface area (Å²) in [5, 5.41) is 5.07. The van der Waals surface area contributed by atoms with Gasteiger partial charge in [-0.15, -0.1) is 0 Å². The van der Waals surface area contributed by atoms with Crippen LogP contribution in [0, 0.1) is 18.8 Å². The van der Waals surface area contributed by atoms with Crippen LogP contribution in [0.2, 0.25) is 0 Å². The van der Waals surface area contributed by atoms with E-state index >= 15 is 0 Å². The smallest absolute Gasteiger partial charge is 0.0708 e. The number of para-hydroxylation sites is 1. The summed E-state index contributed by atoms with van der Waals surface area (Å²) >= 11 is 0. The number of hydrogen-bond donors (Lipinski definition) is 1. The highest BCUT2D eigenvalue weighted by Gasteiger charge is 2.24. The van der Waals surface area contributed by atoms with Crippen LogP contribution < -0.4 is 5.32 Å². The van der Waals surface area contributed by atoms with Crippen LogP contribution in [-0.4, -0.2) is 11.0 Å². The Bertz CT molecular complexity index is 620. The summed E-state index contributed by atoms with van der Waals surface area (Å²) in [6.07, 6.45) is 3.98. The lowest BCUT2D eigenvalue weighted by molar-refractivity contribution is 0.225. The van der Waals surface area contributed by atoms with Crippen molar-refractivity contribution >= 4 is 10.9 Å². The maximum atomic E-state index is 4.63. The topological polar surface area (TPSA) is 24.9 Å². The highest BCUT2D eigenvalue weighted by molar-refractivity contribution is 5.82. The molecule has 0 saturated heterocycles. The standard InChI is InChI=1S/C19H26N2/c1-13-8-9-17(10-14(13)2)20-12-16-11-15(3)21-19-7-5-4-6-18(16)19/h4-7,11,13-14,17,20H,8-10,12H2,1-3H3. The number of benzene rings is 1. The predicted octanol–water partition coefficient (Wildman–Crippen LogP) is 4.46. The summed E-state index contributed by atoms with van der Waals surface area (Å²) in [6.45, 7) is 7.82. The molecule has 1 aliphatic carbocycles. The van der Waals surface area contributed by atoms with E-state index in [4.69, 9.17) is 0 Å². The van der Waals surface area contributed by atoms with Crippen LogP contribution in [0.3, 0.4) is 0 Å². The van der Waals surface area contributed by atoms with Gasteiger partial charge in [-0.2, -0.15) is 0 Å². The van der Waals surface area contributed by atoms with Gasteiger partial charge in [0, 0.05) is 23.7 Å². The largest absolute Gasteiger partial charge is 0.310 e. The van der Waals surface area contributed by atoms with Crippen LogP contribution >= 0.6 is 0 Å². The number of fused-ring (bicyclic) bond motifs is 1. The van der Waals surface area contributed by atoms with Crippen molar-refractivity contribution in [2.45, 2.75) is 52.6 Å². The van der Waals surface area contributed by atoms with Gasteiger partial charge in [0.25, 0.3) is 0 Å². The first-order valence-corrected chi connectivity index (χ1v) is 8.22. The van der Waals surface area contributed by atoms with E-state index < -0.39 is 0 Å². The quantitative estimate of drug-likeness (QED) is 0.899. The molecule has 2 heteroatoms. The molecule has 3 atom stereocenters. The molecule has 1 fully saturated rings. The van der Waals surface area contributed by atoms with E-state index in [1.54, 1.807) is 0 Å². The number of nitrogens with one attached hydrogen (secondary N) is 1. The van der Waals surface area contributed by atoms with Gasteiger partial charge in [-0.3, -0.25) is 4.98 Å². The average Bonchev–Trinajstić information content (AvgIpc) is 2.48. The highest BCUT2D eigenvalue weighted by Crippen LogP contribution is 2.29. The Kier molecular flexibility index (Phi) is 4.25. The molecule has 0 spiro atoms. The molecule has 1 aromatic heterocycles. The van der Waals surface area contributed by atoms with E-state index in [0.717, 1.165) is 29.6 Å². The number of aromatic nitrogens is 1. The molecule has 1 N–H and O–H groups in total. The summed E-state index contributed by atoms with van der Waals surface area (Å²) in [4.78, 5) is 4.63. The zero-order valence-corrected chi connectivity index (χ0v) is 13.4. The number of aryl methyl sites for hydroxylation is 1. The molecular weight excluding hydrogens is 256 g/mol. The Morgan fingerprint density at radius 1 is 1.14 bits per heavy atom. The van der Waals surface area contributed by atoms with Gasteiger partial charge >= 0.3 is 0 Å². The van der Waals surface area contributed by atoms with Crippen molar-refractivity contribution in [1.29, 1.82) is 0 Å². The first-order chi connectivity index (χ1) is 10.1. The molecule has 1 aromatic carbocycles. The minimum atomic E-state index is 0.670. The third kappa shape index (κ3) is 3.26. The molecule has 2 nitrogen and oxygen atoms in total. The summed E-state index contributed by atoms with van der Waals surface area (Å²) in [6, 6.07) is 11.4. The van der Waals surface area contributed by atoms with Crippen molar-refractivity contribution < 1.29 is 0 Å². The SMILES string of the molecule is Cc1cc(CNC2CCC(C)C(C)C2)c2ccccc2n1. The monoisotopic (exact) mass is 282 g/mol. The van der Waals surface area contributed by atoms with Crippen molar-refractivity contribution in [1.82, 2.24) is 10.3 Å². The predicted molar refractivity (Wildman–Crippen MR) is 89.3 cm³/mol. The average molecular weight is 282 g/mol. The van der Waals surface area contributed by atoms with E-state index in [0.29, 0.717) is 6.04 Å². The molecule has 0 bridgehead atoms. The fourth-order valence-corrected chi connectivity index (χ4v) is 3.53. The van der Waals surface area contributed by atoms with Gasteiger partial charge in [0.2, 0.25) is 0 Å². The van der Waals surface area contributed by atoms with Crippen LogP contribution in [0.25, 0.3) is 10.9 Å². The summed E-state index contributed by atoms with van der Waals surface area (Å²) in [5.41, 5.74) is 3.60. The van der Waals surface area contributed by atoms with Gasteiger partial charge in [-0.1, -0.05) is 32.0 Å². The van der Waals surface area contributed by atoms with Gasteiger partial charge in [0.05, 0.1) is 5.52 Å². The van der Waals surface area contributed by atoms with Crippen molar-refractivity contribution in [3.8, 4) is 0 Å². The Labute approximate surface area is 128 Å². The first-order valence-electron chi connectivity index (χ1n) is 8.22. The van der Waals surface area contributed by atoms with E-state index in [-0.39, 0.29) is 0 Å². The van der Waals surface area contributed by atoms with Crippen LogP contribution in [-0.2, 0) is 6.54 Å². The molecule has 2 aromatic rings. The fraction of sp³-hybridized carbons (Fsp3) is 0.526. The zero-order valence-electron chi connectivity index (χ0n) is 13.4. The molecule has 3 rings (SSSR count). The normalized spacial score (nSPS) is 26.1. The Hall–Kier alpha value is -1.41. The van der Waals surface area contributed by atoms with E-state index in [2.05, 4.69) is 61.4 Å². The van der Waals surface area contributed by atoms with Gasteiger partial charge < -0.3 is 5.32 Å². The Morgan fingerprint density at radius 3 is 2.76 bits per heavy atom. The third-order valence-corrected chi connectivity index (χ3v) is 5.11. The molecule has 112 valence electrons. The first kappa shape index (κ1) is 14.5. The number of rotatable bonds is 3. The van der Waals surface area contributed by atoms with Crippen LogP contribution in [0.15, 0.2) is 30.3 Å². The molecule has 21 heavy (non-hydrogen) atoms. The lowest BCUT2D eigenvalue weighted by atomic mass is 9.79. The maximum Gasteiger partial charge on any atom is 0.0708 e. The summed E-state index contributed by atoms with van der Waals surface area (Å²) in [5.74, 6) is 1.72. The molecule has 3 unspecified atom stereocenters. The van der Waals surface area contributed by atoms with Gasteiger partial charge in [-0.25, -0.2) is 0 Å². The summed E-state index contributed by atoms with van der Waals surface area (Å²) < 4.78 is 0. The third-order valence-electron chi connectivity index (χ3n) is 5.11. The van der Waals surface area contributed by atoms with Crippen LogP contribution in [0.5, 0.6) is 0 Å². The minimum absolute atomic E-state index is 0.670. The molecule has 0 aliphatic heterocycles. The molecule has 0 amide bonds. The van der Waals surface area contributed by atoms with Crippen LogP contribution in [0.4, 0.5) is 0 Å².